The number of aromatic amines is 2. The van der Waals surface area contributed by atoms with Crippen molar-refractivity contribution in [2.45, 2.75) is 52.4 Å². The summed E-state index contributed by atoms with van der Waals surface area (Å²) >= 11 is 6.22. The van der Waals surface area contributed by atoms with Gasteiger partial charge in [-0.15, -0.1) is 0 Å². The van der Waals surface area contributed by atoms with E-state index in [0.717, 1.165) is 69.3 Å². The molecule has 0 saturated heterocycles. The average Bonchev–Trinajstić information content (AvgIpc) is 4.10. The van der Waals surface area contributed by atoms with Gasteiger partial charge in [0.05, 0.1) is 58.2 Å². The van der Waals surface area contributed by atoms with Gasteiger partial charge in [0, 0.05) is 78.1 Å². The van der Waals surface area contributed by atoms with Crippen LogP contribution in [0.2, 0.25) is 5.15 Å². The van der Waals surface area contributed by atoms with Crippen LogP contribution in [-0.4, -0.2) is 72.2 Å². The van der Waals surface area contributed by atoms with Crippen LogP contribution >= 0.6 is 11.6 Å². The minimum atomic E-state index is -0.405. The van der Waals surface area contributed by atoms with Gasteiger partial charge in [0.2, 0.25) is 0 Å². The minimum absolute atomic E-state index is 0.260. The zero-order valence-corrected chi connectivity index (χ0v) is 35.8. The Morgan fingerprint density at radius 2 is 1.21 bits per heavy atom. The zero-order chi connectivity index (χ0) is 44.0. The first-order valence-corrected chi connectivity index (χ1v) is 20.9. The molecule has 0 unspecified atom stereocenters. The second kappa shape index (κ2) is 18.8. The Bertz CT molecular complexity index is 3150. The Hall–Kier alpha value is -7.17. The third-order valence-corrected chi connectivity index (χ3v) is 10.6. The molecule has 5 N–H and O–H groups in total. The molecule has 10 aromatic heterocycles. The maximum Gasteiger partial charge on any atom is 0.161 e. The molecule has 17 heteroatoms. The van der Waals surface area contributed by atoms with Crippen molar-refractivity contribution in [3.63, 3.8) is 0 Å². The van der Waals surface area contributed by atoms with E-state index in [1.165, 1.54) is 23.9 Å². The van der Waals surface area contributed by atoms with E-state index in [9.17, 15) is 8.78 Å². The summed E-state index contributed by atoms with van der Waals surface area (Å²) in [7, 11) is 0. The Morgan fingerprint density at radius 3 is 1.75 bits per heavy atom. The summed E-state index contributed by atoms with van der Waals surface area (Å²) in [5.41, 5.74) is 17.9. The summed E-state index contributed by atoms with van der Waals surface area (Å²) in [5, 5.41) is 12.7. The number of fused-ring (bicyclic) bond motifs is 4. The quantitative estimate of drug-likeness (QED) is 0.0967. The standard InChI is InChI=1S/C23H22FN7.C14H12ClFN4.C9H11N3/c1-14(2)18-13-29-31-21(9-20(30-23(18)31)16-8-17(24)12-25-10-16)26-7-5-15-11-28-19-4-3-6-27-22(15)19;1-8(2)11-7-18-20-13(15)4-12(19-14(11)20)9-3-10(16)6-17-5-9;10-4-3-7-6-12-8-2-1-5-11-9(7)8/h3-4,6,8-14,26,28H,5,7H2,1-2H3;3-8H,1-2H3;1-2,5-6,12H,3-4,10H2. The highest BCUT2D eigenvalue weighted by Gasteiger charge is 2.17. The molecule has 10 aromatic rings. The number of aromatic nitrogens is 12. The Morgan fingerprint density at radius 1 is 0.683 bits per heavy atom. The van der Waals surface area contributed by atoms with E-state index in [-0.39, 0.29) is 11.8 Å². The monoisotopic (exact) mass is 866 g/mol. The lowest BCUT2D eigenvalue weighted by Crippen LogP contribution is -2.10. The van der Waals surface area contributed by atoms with Crippen LogP contribution in [0.25, 0.3) is 55.9 Å². The van der Waals surface area contributed by atoms with Gasteiger partial charge in [-0.3, -0.25) is 19.9 Å². The first-order chi connectivity index (χ1) is 30.6. The third kappa shape index (κ3) is 9.37. The van der Waals surface area contributed by atoms with E-state index < -0.39 is 11.6 Å². The predicted molar refractivity (Wildman–Crippen MR) is 243 cm³/mol. The summed E-state index contributed by atoms with van der Waals surface area (Å²) in [4.78, 5) is 32.3. The van der Waals surface area contributed by atoms with Crippen LogP contribution in [0.15, 0.2) is 110 Å². The first-order valence-electron chi connectivity index (χ1n) is 20.5. The molecule has 320 valence electrons. The van der Waals surface area contributed by atoms with Crippen LogP contribution < -0.4 is 11.1 Å². The van der Waals surface area contributed by atoms with Crippen molar-refractivity contribution in [1.82, 2.24) is 59.1 Å². The van der Waals surface area contributed by atoms with Gasteiger partial charge in [-0.2, -0.15) is 14.7 Å². The highest BCUT2D eigenvalue weighted by molar-refractivity contribution is 6.30. The number of nitrogens with one attached hydrogen (secondary N) is 3. The minimum Gasteiger partial charge on any atom is -0.370 e. The van der Waals surface area contributed by atoms with Crippen LogP contribution in [0.4, 0.5) is 14.6 Å². The molecule has 0 bridgehead atoms. The van der Waals surface area contributed by atoms with E-state index in [1.54, 1.807) is 46.1 Å². The fourth-order valence-electron chi connectivity index (χ4n) is 7.15. The van der Waals surface area contributed by atoms with Gasteiger partial charge < -0.3 is 21.0 Å². The molecule has 63 heavy (non-hydrogen) atoms. The van der Waals surface area contributed by atoms with Crippen molar-refractivity contribution in [2.24, 2.45) is 5.73 Å². The van der Waals surface area contributed by atoms with Crippen LogP contribution in [0, 0.1) is 11.6 Å². The van der Waals surface area contributed by atoms with Gasteiger partial charge in [0.15, 0.2) is 11.3 Å². The van der Waals surface area contributed by atoms with E-state index in [1.807, 2.05) is 48.9 Å². The molecule has 0 spiro atoms. The number of nitrogens with zero attached hydrogens (tertiary/aromatic N) is 10. The summed E-state index contributed by atoms with van der Waals surface area (Å²) in [5.74, 6) is 0.535. The highest BCUT2D eigenvalue weighted by atomic mass is 35.5. The number of nitrogens with two attached hydrogens (primary N) is 1. The van der Waals surface area contributed by atoms with Crippen LogP contribution in [0.1, 0.15) is 61.8 Å². The first kappa shape index (κ1) is 42.5. The topological polar surface area (TPSA) is 182 Å². The molecule has 10 rings (SSSR count). The summed E-state index contributed by atoms with van der Waals surface area (Å²) < 4.78 is 30.4. The molecular weight excluding hydrogens is 822 g/mol. The maximum atomic E-state index is 13.8. The van der Waals surface area contributed by atoms with Crippen LogP contribution in [0.5, 0.6) is 0 Å². The molecule has 0 aliphatic rings. The summed E-state index contributed by atoms with van der Waals surface area (Å²) in [6.45, 7) is 9.67. The number of halogens is 3. The molecule has 0 radical (unpaired) electrons. The van der Waals surface area contributed by atoms with Gasteiger partial charge in [0.25, 0.3) is 0 Å². The van der Waals surface area contributed by atoms with Gasteiger partial charge in [-0.05, 0) is 78.7 Å². The van der Waals surface area contributed by atoms with Crippen molar-refractivity contribution >= 4 is 50.8 Å². The van der Waals surface area contributed by atoms with E-state index in [4.69, 9.17) is 22.3 Å². The van der Waals surface area contributed by atoms with Gasteiger partial charge in [-0.1, -0.05) is 39.3 Å². The molecular formula is C46H45ClF2N14. The second-order valence-corrected chi connectivity index (χ2v) is 15.8. The van der Waals surface area contributed by atoms with E-state index in [2.05, 4.69) is 78.1 Å². The smallest absolute Gasteiger partial charge is 0.161 e. The van der Waals surface area contributed by atoms with Crippen molar-refractivity contribution < 1.29 is 8.78 Å². The number of anilines is 1. The molecule has 14 nitrogen and oxygen atoms in total. The number of pyridine rings is 4. The molecule has 0 aromatic carbocycles. The SMILES string of the molecule is CC(C)c1cnn2c(Cl)cc(-c3cncc(F)c3)nc12.CC(C)c1cnn2c(NCCc3c[nH]c4cccnc34)cc(-c3cncc(F)c3)nc12.NCCc1c[nH]c2cccnc12. The molecule has 0 aliphatic heterocycles. The van der Waals surface area contributed by atoms with E-state index in [0.29, 0.717) is 46.4 Å². The normalized spacial score (nSPS) is 11.4. The van der Waals surface area contributed by atoms with Gasteiger partial charge in [0.1, 0.15) is 22.6 Å². The predicted octanol–water partition coefficient (Wildman–Crippen LogP) is 9.36. The number of rotatable bonds is 10. The third-order valence-electron chi connectivity index (χ3n) is 10.3. The Labute approximate surface area is 366 Å². The zero-order valence-electron chi connectivity index (χ0n) is 35.1. The largest absolute Gasteiger partial charge is 0.370 e. The number of hydrogen-bond acceptors (Lipinski definition) is 10. The molecule has 0 amide bonds. The van der Waals surface area contributed by atoms with E-state index >= 15 is 0 Å². The lowest BCUT2D eigenvalue weighted by Gasteiger charge is -2.12. The van der Waals surface area contributed by atoms with Crippen molar-refractivity contribution in [2.75, 3.05) is 18.4 Å². The second-order valence-electron chi connectivity index (χ2n) is 15.4. The van der Waals surface area contributed by atoms with Gasteiger partial charge >= 0.3 is 0 Å². The summed E-state index contributed by atoms with van der Waals surface area (Å²) in [6, 6.07) is 14.2. The lowest BCUT2D eigenvalue weighted by atomic mass is 10.1. The fourth-order valence-corrected chi connectivity index (χ4v) is 7.37. The molecule has 0 aliphatic carbocycles. The number of H-pyrrole nitrogens is 2. The highest BCUT2D eigenvalue weighted by Crippen LogP contribution is 2.29. The van der Waals surface area contributed by atoms with Gasteiger partial charge in [-0.25, -0.2) is 23.3 Å². The lowest BCUT2D eigenvalue weighted by molar-refractivity contribution is 0.621. The Kier molecular flexibility index (Phi) is 12.7. The van der Waals surface area contributed by atoms with Crippen molar-refractivity contribution in [3.8, 4) is 22.5 Å². The molecule has 0 fully saturated rings. The average molecular weight is 867 g/mol. The fraction of sp³-hybridized carbons (Fsp3) is 0.217. The number of hydrogen-bond donors (Lipinski definition) is 4. The van der Waals surface area contributed by atoms with Crippen molar-refractivity contribution in [3.05, 3.63) is 150 Å². The summed E-state index contributed by atoms with van der Waals surface area (Å²) in [6.07, 6.45) is 18.4. The molecule has 0 atom stereocenters. The van der Waals surface area contributed by atoms with Crippen molar-refractivity contribution in [1.29, 1.82) is 0 Å². The van der Waals surface area contributed by atoms with Crippen LogP contribution in [0.3, 0.4) is 0 Å². The maximum absolute atomic E-state index is 13.8. The Balaban J connectivity index is 0.000000145. The molecule has 10 heterocycles. The van der Waals surface area contributed by atoms with Crippen LogP contribution in [-0.2, 0) is 12.8 Å². The molecule has 0 saturated carbocycles.